The number of benzene rings is 4. The Balaban J connectivity index is 1.38. The van der Waals surface area contributed by atoms with Gasteiger partial charge < -0.3 is 37.6 Å². The molecule has 2 heterocycles. The number of rotatable bonds is 19. The molecule has 0 amide bonds. The van der Waals surface area contributed by atoms with Crippen molar-refractivity contribution in [3.63, 3.8) is 0 Å². The molecule has 0 aliphatic carbocycles. The van der Waals surface area contributed by atoms with E-state index in [1.807, 2.05) is 85.8 Å². The van der Waals surface area contributed by atoms with Gasteiger partial charge in [-0.3, -0.25) is 14.3 Å². The van der Waals surface area contributed by atoms with Crippen molar-refractivity contribution in [1.29, 1.82) is 0 Å². The minimum Gasteiger partial charge on any atom is -0.497 e. The van der Waals surface area contributed by atoms with Crippen molar-refractivity contribution in [3.05, 3.63) is 175 Å². The summed E-state index contributed by atoms with van der Waals surface area (Å²) in [6, 6.07) is 32.2. The molecule has 0 bridgehead atoms. The predicted molar refractivity (Wildman–Crippen MR) is 248 cm³/mol. The SMILES string of the molecule is [C-]#[N+]CCOP(OC1CC(n2cc(C#CCOC(=O)c3ccc(C)cc3)c(=O)[nH]c2=O)OC1COC(c1ccccc1)(c1ccc(OC)cc1)c1ccc(OC)cc1)N(C(C)C)C(C)C. The second-order valence-corrected chi connectivity index (χ2v) is 17.2. The van der Waals surface area contributed by atoms with Crippen LogP contribution in [0.15, 0.2) is 119 Å². The van der Waals surface area contributed by atoms with Crippen LogP contribution in [0, 0.1) is 25.3 Å². The highest BCUT2D eigenvalue weighted by Crippen LogP contribution is 2.50. The molecule has 14 nitrogen and oxygen atoms in total. The van der Waals surface area contributed by atoms with Crippen LogP contribution in [-0.4, -0.2) is 85.1 Å². The van der Waals surface area contributed by atoms with Crippen LogP contribution in [0.3, 0.4) is 0 Å². The Morgan fingerprint density at radius 2 is 1.51 bits per heavy atom. The van der Waals surface area contributed by atoms with E-state index in [9.17, 15) is 14.4 Å². The topological polar surface area (TPSA) is 144 Å². The lowest BCUT2D eigenvalue weighted by Crippen LogP contribution is -2.39. The highest BCUT2D eigenvalue weighted by atomic mass is 31.2. The average molecular weight is 903 g/mol. The van der Waals surface area contributed by atoms with Crippen molar-refractivity contribution in [2.45, 2.75) is 77.2 Å². The van der Waals surface area contributed by atoms with Crippen LogP contribution in [0.25, 0.3) is 4.85 Å². The zero-order valence-electron chi connectivity index (χ0n) is 37.7. The normalized spacial score (nSPS) is 16.5. The van der Waals surface area contributed by atoms with Gasteiger partial charge in [-0.05, 0) is 87.7 Å². The molecular weight excluding hydrogens is 848 g/mol. The van der Waals surface area contributed by atoms with Crippen LogP contribution < -0.4 is 20.7 Å². The van der Waals surface area contributed by atoms with Crippen molar-refractivity contribution in [2.24, 2.45) is 0 Å². The first kappa shape index (κ1) is 48.4. The Kier molecular flexibility index (Phi) is 16.9. The number of aryl methyl sites for hydroxylation is 1. The first-order valence-electron chi connectivity index (χ1n) is 21.3. The maximum absolute atomic E-state index is 13.6. The lowest BCUT2D eigenvalue weighted by Gasteiger charge is -2.39. The number of aromatic amines is 1. The quantitative estimate of drug-likeness (QED) is 0.0215. The third-order valence-corrected chi connectivity index (χ3v) is 12.9. The number of nitrogens with zero attached hydrogens (tertiary/aromatic N) is 3. The molecule has 6 rings (SSSR count). The van der Waals surface area contributed by atoms with E-state index in [1.165, 1.54) is 10.8 Å². The van der Waals surface area contributed by atoms with Crippen LogP contribution in [-0.2, 0) is 28.9 Å². The lowest BCUT2D eigenvalue weighted by atomic mass is 9.80. The number of carbonyl (C=O) groups is 1. The first-order valence-corrected chi connectivity index (χ1v) is 22.4. The molecule has 0 saturated carbocycles. The number of methoxy groups -OCH3 is 2. The Morgan fingerprint density at radius 3 is 2.08 bits per heavy atom. The standard InChI is InChI=1S/C50H55N4O10P/c1-34(2)54(35(3)4)65(62-30-28-51-6)64-44-31-46(53-32-38(47(55)52-49(53)57)13-12-29-60-48(56)37-18-16-36(5)17-19-37)63-45(44)33-61-50(39-14-10-9-11-15-39,40-20-24-42(58-7)25-21-40)41-22-26-43(59-8)27-23-41/h9-11,14-27,32,34-35,44-46H,28-31,33H2,1-5,7-8H3,(H,52,55,57). The molecule has 1 aliphatic heterocycles. The second-order valence-electron chi connectivity index (χ2n) is 15.8. The maximum atomic E-state index is 13.6. The van der Waals surface area contributed by atoms with Crippen molar-refractivity contribution in [1.82, 2.24) is 14.2 Å². The molecule has 1 N–H and O–H groups in total. The molecule has 1 fully saturated rings. The fourth-order valence-corrected chi connectivity index (χ4v) is 9.36. The van der Waals surface area contributed by atoms with Crippen LogP contribution in [0.4, 0.5) is 0 Å². The van der Waals surface area contributed by atoms with E-state index in [2.05, 4.69) is 54.0 Å². The van der Waals surface area contributed by atoms with Gasteiger partial charge in [-0.15, -0.1) is 0 Å². The van der Waals surface area contributed by atoms with Gasteiger partial charge in [0.25, 0.3) is 14.1 Å². The minimum atomic E-state index is -1.76. The lowest BCUT2D eigenvalue weighted by molar-refractivity contribution is -0.0925. The number of H-pyrrole nitrogens is 1. The summed E-state index contributed by atoms with van der Waals surface area (Å²) in [5, 5.41) is 0. The number of hydrogen-bond acceptors (Lipinski definition) is 11. The number of carbonyl (C=O) groups excluding carboxylic acids is 1. The van der Waals surface area contributed by atoms with E-state index in [0.717, 1.165) is 22.3 Å². The summed E-state index contributed by atoms with van der Waals surface area (Å²) in [4.78, 5) is 45.1. The minimum absolute atomic E-state index is 0.0110. The summed E-state index contributed by atoms with van der Waals surface area (Å²) in [6.45, 7) is 17.5. The van der Waals surface area contributed by atoms with E-state index in [1.54, 1.807) is 38.5 Å². The molecule has 0 spiro atoms. The van der Waals surface area contributed by atoms with Gasteiger partial charge in [0.2, 0.25) is 6.54 Å². The van der Waals surface area contributed by atoms with Crippen molar-refractivity contribution in [3.8, 4) is 23.3 Å². The van der Waals surface area contributed by atoms with Gasteiger partial charge >= 0.3 is 11.7 Å². The molecular formula is C50H55N4O10P. The number of esters is 1. The van der Waals surface area contributed by atoms with Gasteiger partial charge in [0.1, 0.15) is 41.6 Å². The third kappa shape index (κ3) is 11.8. The van der Waals surface area contributed by atoms with Crippen LogP contribution in [0.2, 0.25) is 0 Å². The van der Waals surface area contributed by atoms with E-state index < -0.39 is 49.8 Å². The molecule has 4 aromatic carbocycles. The van der Waals surface area contributed by atoms with Gasteiger partial charge in [0.15, 0.2) is 6.61 Å². The monoisotopic (exact) mass is 902 g/mol. The van der Waals surface area contributed by atoms with Crippen LogP contribution in [0.5, 0.6) is 11.5 Å². The predicted octanol–water partition coefficient (Wildman–Crippen LogP) is 8.03. The zero-order valence-corrected chi connectivity index (χ0v) is 38.6. The summed E-state index contributed by atoms with van der Waals surface area (Å²) in [7, 11) is 1.47. The van der Waals surface area contributed by atoms with E-state index in [-0.39, 0.29) is 50.4 Å². The Bertz CT molecular complexity index is 2510. The van der Waals surface area contributed by atoms with Crippen LogP contribution >= 0.6 is 8.53 Å². The van der Waals surface area contributed by atoms with Gasteiger partial charge in [-0.2, -0.15) is 0 Å². The fourth-order valence-electron chi connectivity index (χ4n) is 7.61. The number of ether oxygens (including phenoxy) is 5. The van der Waals surface area contributed by atoms with Gasteiger partial charge in [-0.1, -0.05) is 84.1 Å². The third-order valence-electron chi connectivity index (χ3n) is 10.8. The molecule has 340 valence electrons. The summed E-state index contributed by atoms with van der Waals surface area (Å²) >= 11 is 0. The maximum Gasteiger partial charge on any atom is 0.339 e. The van der Waals surface area contributed by atoms with Crippen LogP contribution in [0.1, 0.15) is 78.5 Å². The first-order chi connectivity index (χ1) is 31.4. The number of nitrogens with one attached hydrogen (secondary N) is 1. The molecule has 1 saturated heterocycles. The largest absolute Gasteiger partial charge is 0.497 e. The van der Waals surface area contributed by atoms with Crippen molar-refractivity contribution in [2.75, 3.05) is 40.6 Å². The van der Waals surface area contributed by atoms with Gasteiger partial charge in [-0.25, -0.2) is 20.8 Å². The fraction of sp³-hybridized carbons (Fsp3) is 0.360. The van der Waals surface area contributed by atoms with E-state index >= 15 is 0 Å². The Labute approximate surface area is 381 Å². The molecule has 4 atom stereocenters. The highest BCUT2D eigenvalue weighted by Gasteiger charge is 2.45. The van der Waals surface area contributed by atoms with Gasteiger partial charge in [0.05, 0.1) is 32.5 Å². The van der Waals surface area contributed by atoms with E-state index in [4.69, 9.17) is 39.3 Å². The number of aromatic nitrogens is 2. The smallest absolute Gasteiger partial charge is 0.339 e. The summed E-state index contributed by atoms with van der Waals surface area (Å²) in [6.07, 6.45) is -0.969. The molecule has 5 aromatic rings. The van der Waals surface area contributed by atoms with Crippen molar-refractivity contribution < 1.29 is 37.5 Å². The Hall–Kier alpha value is -6.09. The van der Waals surface area contributed by atoms with Crippen molar-refractivity contribution >= 4 is 14.5 Å². The van der Waals surface area contributed by atoms with Gasteiger partial charge in [0, 0.05) is 24.7 Å². The number of hydrogen-bond donors (Lipinski definition) is 1. The molecule has 4 unspecified atom stereocenters. The van der Waals surface area contributed by atoms with E-state index in [0.29, 0.717) is 17.1 Å². The summed E-state index contributed by atoms with van der Waals surface area (Å²) in [5.74, 6) is 6.26. The molecule has 1 aliphatic rings. The summed E-state index contributed by atoms with van der Waals surface area (Å²) < 4.78 is 47.1. The molecule has 15 heteroatoms. The Morgan fingerprint density at radius 1 is 0.908 bits per heavy atom. The second kappa shape index (κ2) is 22.7. The molecule has 0 radical (unpaired) electrons. The summed E-state index contributed by atoms with van der Waals surface area (Å²) in [5.41, 5.74) is 1.16. The molecule has 65 heavy (non-hydrogen) atoms. The average Bonchev–Trinajstić information content (AvgIpc) is 3.71. The zero-order chi connectivity index (χ0) is 46.5. The molecule has 1 aromatic heterocycles. The highest BCUT2D eigenvalue weighted by molar-refractivity contribution is 7.44.